The zero-order valence-corrected chi connectivity index (χ0v) is 19.4. The van der Waals surface area contributed by atoms with Gasteiger partial charge in [0.1, 0.15) is 13.1 Å². The van der Waals surface area contributed by atoms with Crippen LogP contribution >= 0.6 is 11.3 Å². The lowest BCUT2D eigenvalue weighted by Gasteiger charge is -2.10. The molecule has 3 heterocycles. The summed E-state index contributed by atoms with van der Waals surface area (Å²) >= 11 is 1.81. The van der Waals surface area contributed by atoms with Crippen LogP contribution in [0.25, 0.3) is 37.7 Å². The molecule has 0 saturated carbocycles. The van der Waals surface area contributed by atoms with E-state index in [0.29, 0.717) is 0 Å². The topological polar surface area (TPSA) is 29.5 Å². The van der Waals surface area contributed by atoms with Crippen molar-refractivity contribution in [3.63, 3.8) is 0 Å². The molecule has 32 heavy (non-hydrogen) atoms. The van der Waals surface area contributed by atoms with Gasteiger partial charge in [-0.3, -0.25) is 0 Å². The van der Waals surface area contributed by atoms with E-state index < -0.39 is 0 Å². The molecule has 0 N–H and O–H groups in total. The number of hydrogen-bond acceptors (Lipinski definition) is 4. The predicted octanol–water partition coefficient (Wildman–Crippen LogP) is 6.99. The molecule has 0 radical (unpaired) electrons. The average Bonchev–Trinajstić information content (AvgIpc) is 3.50. The standard InChI is InChI=1S/C25H19N2O2S.C2H6/c1-26-18-8-4-5-9-20(18)28-24(26)15-25-27(2)19-13-17(11-12-21(19)29-25)23-14-16-7-3-6-10-22(16)30-23;1-2/h3-15H,1-2H3;1-2H3/q+1;. The van der Waals surface area contributed by atoms with E-state index in [-0.39, 0.29) is 0 Å². The third kappa shape index (κ3) is 3.35. The van der Waals surface area contributed by atoms with Gasteiger partial charge in [-0.2, -0.15) is 4.57 Å². The van der Waals surface area contributed by atoms with E-state index in [1.165, 1.54) is 20.5 Å². The number of benzene rings is 3. The summed E-state index contributed by atoms with van der Waals surface area (Å²) in [5.74, 6) is 2.34. The number of thiophene rings is 1. The van der Waals surface area contributed by atoms with E-state index in [1.807, 2.05) is 80.3 Å². The fourth-order valence-corrected chi connectivity index (χ4v) is 4.98. The van der Waals surface area contributed by atoms with Gasteiger partial charge in [0.15, 0.2) is 5.75 Å². The SMILES string of the molecule is CC.CN1C(=Cc2oc3ccccc3[n+]2C)Oc2ccc(-c3cc4ccccc4s3)cc21. The Kier molecular flexibility index (Phi) is 5.19. The fraction of sp³-hybridized carbons (Fsp3) is 0.148. The summed E-state index contributed by atoms with van der Waals surface area (Å²) in [6.45, 7) is 4.00. The van der Waals surface area contributed by atoms with Gasteiger partial charge >= 0.3 is 5.89 Å². The van der Waals surface area contributed by atoms with Crippen LogP contribution in [-0.4, -0.2) is 7.05 Å². The maximum atomic E-state index is 6.14. The molecule has 3 aromatic carbocycles. The molecule has 0 aliphatic carbocycles. The number of aromatic nitrogens is 1. The monoisotopic (exact) mass is 441 g/mol. The molecule has 4 nitrogen and oxygen atoms in total. The van der Waals surface area contributed by atoms with Gasteiger partial charge in [0.2, 0.25) is 11.5 Å². The highest BCUT2D eigenvalue weighted by Crippen LogP contribution is 2.43. The Labute approximate surface area is 191 Å². The minimum absolute atomic E-state index is 0.744. The molecule has 0 atom stereocenters. The molecular weight excluding hydrogens is 416 g/mol. The van der Waals surface area contributed by atoms with Crippen molar-refractivity contribution in [3.05, 3.63) is 84.6 Å². The third-order valence-electron chi connectivity index (χ3n) is 5.59. The van der Waals surface area contributed by atoms with Crippen LogP contribution in [-0.2, 0) is 7.05 Å². The summed E-state index contributed by atoms with van der Waals surface area (Å²) in [4.78, 5) is 3.33. The molecule has 0 spiro atoms. The number of nitrogens with zero attached hydrogens (tertiary/aromatic N) is 2. The Morgan fingerprint density at radius 1 is 0.938 bits per heavy atom. The van der Waals surface area contributed by atoms with E-state index in [9.17, 15) is 0 Å². The van der Waals surface area contributed by atoms with E-state index >= 15 is 0 Å². The van der Waals surface area contributed by atoms with Crippen molar-refractivity contribution in [2.75, 3.05) is 11.9 Å². The number of oxazole rings is 1. The quantitative estimate of drug-likeness (QED) is 0.276. The maximum Gasteiger partial charge on any atom is 0.379 e. The van der Waals surface area contributed by atoms with E-state index in [2.05, 4.69) is 47.4 Å². The summed E-state index contributed by atoms with van der Waals surface area (Å²) in [7, 11) is 4.02. The number of para-hydroxylation sites is 2. The summed E-state index contributed by atoms with van der Waals surface area (Å²) in [5, 5.41) is 1.28. The molecule has 5 aromatic rings. The highest BCUT2D eigenvalue weighted by Gasteiger charge is 2.27. The van der Waals surface area contributed by atoms with E-state index in [0.717, 1.165) is 34.3 Å². The molecule has 0 fully saturated rings. The predicted molar refractivity (Wildman–Crippen MR) is 133 cm³/mol. The van der Waals surface area contributed by atoms with Crippen LogP contribution in [0, 0.1) is 0 Å². The molecule has 160 valence electrons. The second-order valence-electron chi connectivity index (χ2n) is 7.44. The Balaban J connectivity index is 0.00000105. The van der Waals surface area contributed by atoms with Crippen LogP contribution in [0.15, 0.2) is 83.1 Å². The van der Waals surface area contributed by atoms with Gasteiger partial charge in [-0.1, -0.05) is 44.2 Å². The first-order chi connectivity index (χ1) is 15.7. The normalized spacial score (nSPS) is 13.9. The zero-order chi connectivity index (χ0) is 22.2. The van der Waals surface area contributed by atoms with Crippen molar-refractivity contribution < 1.29 is 13.7 Å². The molecule has 5 heteroatoms. The number of aryl methyl sites for hydroxylation is 1. The maximum absolute atomic E-state index is 6.14. The molecular formula is C27H25N2O2S+. The second kappa shape index (κ2) is 8.17. The van der Waals surface area contributed by atoms with Gasteiger partial charge in [-0.25, -0.2) is 0 Å². The molecule has 1 aliphatic rings. The molecule has 1 aliphatic heterocycles. The van der Waals surface area contributed by atoms with Crippen molar-refractivity contribution in [1.82, 2.24) is 0 Å². The molecule has 0 bridgehead atoms. The molecule has 2 aromatic heterocycles. The Hall–Kier alpha value is -3.57. The van der Waals surface area contributed by atoms with Gasteiger partial charge in [-0.05, 0) is 47.3 Å². The van der Waals surface area contributed by atoms with Crippen molar-refractivity contribution >= 4 is 44.3 Å². The minimum Gasteiger partial charge on any atom is -0.438 e. The first kappa shape index (κ1) is 20.3. The van der Waals surface area contributed by atoms with E-state index in [1.54, 1.807) is 0 Å². The van der Waals surface area contributed by atoms with Crippen LogP contribution < -0.4 is 14.2 Å². The van der Waals surface area contributed by atoms with Gasteiger partial charge in [-0.15, -0.1) is 11.3 Å². The largest absolute Gasteiger partial charge is 0.438 e. The fourth-order valence-electron chi connectivity index (χ4n) is 3.92. The summed E-state index contributed by atoms with van der Waals surface area (Å²) in [6, 6.07) is 25.1. The van der Waals surface area contributed by atoms with Crippen molar-refractivity contribution in [2.45, 2.75) is 13.8 Å². The number of anilines is 1. The molecule has 0 amide bonds. The lowest BCUT2D eigenvalue weighted by Crippen LogP contribution is -2.29. The van der Waals surface area contributed by atoms with Crippen LogP contribution in [0.4, 0.5) is 5.69 Å². The first-order valence-electron chi connectivity index (χ1n) is 10.8. The van der Waals surface area contributed by atoms with Crippen molar-refractivity contribution in [2.24, 2.45) is 7.05 Å². The Morgan fingerprint density at radius 2 is 1.72 bits per heavy atom. The van der Waals surface area contributed by atoms with E-state index in [4.69, 9.17) is 9.15 Å². The van der Waals surface area contributed by atoms with Crippen LogP contribution in [0.3, 0.4) is 0 Å². The highest BCUT2D eigenvalue weighted by molar-refractivity contribution is 7.22. The van der Waals surface area contributed by atoms with Gasteiger partial charge in [0.05, 0.1) is 5.69 Å². The molecule has 0 saturated heterocycles. The number of hydrogen-bond donors (Lipinski definition) is 0. The number of fused-ring (bicyclic) bond motifs is 3. The molecule has 0 unspecified atom stereocenters. The van der Waals surface area contributed by atoms with Crippen LogP contribution in [0.2, 0.25) is 0 Å². The van der Waals surface area contributed by atoms with Gasteiger partial charge in [0.25, 0.3) is 5.52 Å². The third-order valence-corrected chi connectivity index (χ3v) is 6.76. The number of ether oxygens (including phenoxy) is 1. The first-order valence-corrected chi connectivity index (χ1v) is 11.6. The van der Waals surface area contributed by atoms with Gasteiger partial charge < -0.3 is 14.1 Å². The molecule has 6 rings (SSSR count). The lowest BCUT2D eigenvalue weighted by molar-refractivity contribution is -0.652. The van der Waals surface area contributed by atoms with Crippen LogP contribution in [0.5, 0.6) is 5.75 Å². The van der Waals surface area contributed by atoms with Crippen molar-refractivity contribution in [1.29, 1.82) is 0 Å². The summed E-state index contributed by atoms with van der Waals surface area (Å²) in [5.41, 5.74) is 4.16. The second-order valence-corrected chi connectivity index (χ2v) is 8.53. The number of rotatable bonds is 2. The van der Waals surface area contributed by atoms with Crippen molar-refractivity contribution in [3.8, 4) is 16.2 Å². The smallest absolute Gasteiger partial charge is 0.379 e. The lowest BCUT2D eigenvalue weighted by atomic mass is 10.1. The summed E-state index contributed by atoms with van der Waals surface area (Å²) in [6.07, 6.45) is 1.94. The highest BCUT2D eigenvalue weighted by atomic mass is 32.1. The van der Waals surface area contributed by atoms with Gasteiger partial charge in [0, 0.05) is 22.7 Å². The minimum atomic E-state index is 0.744. The zero-order valence-electron chi connectivity index (χ0n) is 18.6. The Bertz CT molecular complexity index is 1430. The summed E-state index contributed by atoms with van der Waals surface area (Å²) < 4.78 is 15.5. The average molecular weight is 442 g/mol. The van der Waals surface area contributed by atoms with Crippen LogP contribution in [0.1, 0.15) is 19.7 Å². The Morgan fingerprint density at radius 3 is 2.53 bits per heavy atom.